The van der Waals surface area contributed by atoms with Crippen LogP contribution in [0.4, 0.5) is 24.5 Å². The fraction of sp³-hybridized carbons (Fsp3) is 0.133. The van der Waals surface area contributed by atoms with Crippen LogP contribution in [0.5, 0.6) is 0 Å². The van der Waals surface area contributed by atoms with Crippen molar-refractivity contribution in [3.05, 3.63) is 62.1 Å². The highest BCUT2D eigenvalue weighted by Gasteiger charge is 2.33. The Morgan fingerprint density at radius 2 is 1.88 bits per heavy atom. The van der Waals surface area contributed by atoms with Crippen molar-refractivity contribution in [1.29, 1.82) is 0 Å². The Kier molecular flexibility index (Phi) is 6.38. The molecule has 0 bridgehead atoms. The molecule has 0 aliphatic rings. The molecular weight excluding hydrogens is 416 g/mol. The van der Waals surface area contributed by atoms with E-state index in [0.29, 0.717) is 16.8 Å². The summed E-state index contributed by atoms with van der Waals surface area (Å²) in [5.41, 5.74) is -1.56. The zero-order valence-corrected chi connectivity index (χ0v) is 15.0. The molecule has 0 unspecified atom stereocenters. The first-order valence-electron chi connectivity index (χ1n) is 6.81. The Balaban J connectivity index is 2.11. The third-order valence-electron chi connectivity index (χ3n) is 3.05. The number of amides is 1. The SMILES string of the molecule is O=C(CSc1ccc(C(F)(F)F)cc1[N+](=O)[O-])Nc1ccc(Cl)cc1Cl. The van der Waals surface area contributed by atoms with Crippen molar-refractivity contribution in [2.75, 3.05) is 11.1 Å². The number of hydrogen-bond acceptors (Lipinski definition) is 4. The Labute approximate surface area is 159 Å². The normalized spacial score (nSPS) is 11.3. The van der Waals surface area contributed by atoms with E-state index in [4.69, 9.17) is 23.2 Å². The fourth-order valence-corrected chi connectivity index (χ4v) is 3.14. The minimum absolute atomic E-state index is 0.0552. The lowest BCUT2D eigenvalue weighted by molar-refractivity contribution is -0.388. The summed E-state index contributed by atoms with van der Waals surface area (Å²) in [6.45, 7) is 0. The number of nitro benzene ring substituents is 1. The van der Waals surface area contributed by atoms with E-state index in [9.17, 15) is 28.1 Å². The van der Waals surface area contributed by atoms with Gasteiger partial charge in [-0.3, -0.25) is 14.9 Å². The van der Waals surface area contributed by atoms with Gasteiger partial charge in [0.25, 0.3) is 5.69 Å². The smallest absolute Gasteiger partial charge is 0.324 e. The number of halogens is 5. The third-order valence-corrected chi connectivity index (χ3v) is 4.66. The first-order chi connectivity index (χ1) is 12.1. The molecule has 0 saturated carbocycles. The number of anilines is 1. The largest absolute Gasteiger partial charge is 0.416 e. The number of rotatable bonds is 5. The van der Waals surface area contributed by atoms with Crippen LogP contribution in [-0.2, 0) is 11.0 Å². The molecule has 138 valence electrons. The van der Waals surface area contributed by atoms with Crippen molar-refractivity contribution in [3.8, 4) is 0 Å². The van der Waals surface area contributed by atoms with Crippen molar-refractivity contribution in [2.45, 2.75) is 11.1 Å². The summed E-state index contributed by atoms with van der Waals surface area (Å²) in [4.78, 5) is 22.0. The van der Waals surface area contributed by atoms with Gasteiger partial charge in [0, 0.05) is 11.1 Å². The summed E-state index contributed by atoms with van der Waals surface area (Å²) in [7, 11) is 0. The van der Waals surface area contributed by atoms with Gasteiger partial charge >= 0.3 is 6.18 Å². The van der Waals surface area contributed by atoms with Crippen molar-refractivity contribution in [2.24, 2.45) is 0 Å². The number of thioether (sulfide) groups is 1. The van der Waals surface area contributed by atoms with Crippen LogP contribution in [-0.4, -0.2) is 16.6 Å². The highest BCUT2D eigenvalue weighted by atomic mass is 35.5. The minimum Gasteiger partial charge on any atom is -0.324 e. The fourth-order valence-electron chi connectivity index (χ4n) is 1.88. The molecule has 0 fully saturated rings. The first-order valence-corrected chi connectivity index (χ1v) is 8.55. The van der Waals surface area contributed by atoms with Crippen LogP contribution in [0.3, 0.4) is 0 Å². The summed E-state index contributed by atoms with van der Waals surface area (Å²) < 4.78 is 38.0. The molecule has 5 nitrogen and oxygen atoms in total. The Hall–Kier alpha value is -1.97. The number of carbonyl (C=O) groups is 1. The second-order valence-corrected chi connectivity index (χ2v) is 6.76. The zero-order valence-electron chi connectivity index (χ0n) is 12.6. The van der Waals surface area contributed by atoms with Crippen molar-refractivity contribution < 1.29 is 22.9 Å². The maximum Gasteiger partial charge on any atom is 0.416 e. The monoisotopic (exact) mass is 424 g/mol. The molecule has 1 amide bonds. The second-order valence-electron chi connectivity index (χ2n) is 4.90. The number of benzene rings is 2. The van der Waals surface area contributed by atoms with Gasteiger partial charge in [0.1, 0.15) is 0 Å². The standard InChI is InChI=1S/C15H9Cl2F3N2O3S/c16-9-2-3-11(10(17)6-9)21-14(23)7-26-13-4-1-8(15(18,19)20)5-12(13)22(24)25/h1-6H,7H2,(H,21,23). The number of alkyl halides is 3. The Morgan fingerprint density at radius 3 is 2.46 bits per heavy atom. The van der Waals surface area contributed by atoms with Crippen molar-refractivity contribution >= 4 is 52.2 Å². The molecule has 1 N–H and O–H groups in total. The number of carbonyl (C=O) groups excluding carboxylic acids is 1. The maximum atomic E-state index is 12.7. The molecular formula is C15H9Cl2F3N2O3S. The number of nitro groups is 1. The van der Waals surface area contributed by atoms with Gasteiger partial charge < -0.3 is 5.32 Å². The van der Waals surface area contributed by atoms with Gasteiger partial charge in [-0.25, -0.2) is 0 Å². The van der Waals surface area contributed by atoms with E-state index in [1.165, 1.54) is 18.2 Å². The molecule has 0 saturated heterocycles. The maximum absolute atomic E-state index is 12.7. The summed E-state index contributed by atoms with van der Waals surface area (Å²) in [5, 5.41) is 14.1. The Bertz CT molecular complexity index is 863. The lowest BCUT2D eigenvalue weighted by Crippen LogP contribution is -2.14. The molecule has 0 atom stereocenters. The number of nitrogens with one attached hydrogen (secondary N) is 1. The molecule has 2 aromatic rings. The van der Waals surface area contributed by atoms with E-state index in [0.717, 1.165) is 23.9 Å². The van der Waals surface area contributed by atoms with Crippen molar-refractivity contribution in [3.63, 3.8) is 0 Å². The molecule has 0 radical (unpaired) electrons. The van der Waals surface area contributed by atoms with Gasteiger partial charge in [0.05, 0.1) is 31.8 Å². The van der Waals surface area contributed by atoms with Crippen LogP contribution in [0.2, 0.25) is 10.0 Å². The first kappa shape index (κ1) is 20.3. The molecule has 11 heteroatoms. The van der Waals surface area contributed by atoms with Crippen LogP contribution in [0, 0.1) is 10.1 Å². The topological polar surface area (TPSA) is 72.2 Å². The van der Waals surface area contributed by atoms with Crippen LogP contribution in [0.15, 0.2) is 41.3 Å². The van der Waals surface area contributed by atoms with E-state index >= 15 is 0 Å². The quantitative estimate of drug-likeness (QED) is 0.382. The van der Waals surface area contributed by atoms with Gasteiger partial charge in [0.15, 0.2) is 0 Å². The molecule has 0 aliphatic heterocycles. The predicted octanol–water partition coefficient (Wildman–Crippen LogP) is 5.65. The lowest BCUT2D eigenvalue weighted by Gasteiger charge is -2.09. The van der Waals surface area contributed by atoms with E-state index in [1.54, 1.807) is 0 Å². The molecule has 2 aromatic carbocycles. The van der Waals surface area contributed by atoms with Gasteiger partial charge in [-0.15, -0.1) is 11.8 Å². The van der Waals surface area contributed by atoms with Gasteiger partial charge in [0.2, 0.25) is 5.91 Å². The van der Waals surface area contributed by atoms with Crippen LogP contribution < -0.4 is 5.32 Å². The lowest BCUT2D eigenvalue weighted by atomic mass is 10.2. The van der Waals surface area contributed by atoms with E-state index in [1.807, 2.05) is 0 Å². The van der Waals surface area contributed by atoms with Gasteiger partial charge in [-0.05, 0) is 30.3 Å². The second kappa shape index (κ2) is 8.15. The molecule has 26 heavy (non-hydrogen) atoms. The molecule has 2 rings (SSSR count). The van der Waals surface area contributed by atoms with E-state index < -0.39 is 28.3 Å². The highest BCUT2D eigenvalue weighted by Crippen LogP contribution is 2.36. The number of nitrogens with zero attached hydrogens (tertiary/aromatic N) is 1. The summed E-state index contributed by atoms with van der Waals surface area (Å²) in [5.74, 6) is -0.793. The predicted molar refractivity (Wildman–Crippen MR) is 93.9 cm³/mol. The van der Waals surface area contributed by atoms with Crippen LogP contribution in [0.25, 0.3) is 0 Å². The molecule has 0 heterocycles. The summed E-state index contributed by atoms with van der Waals surface area (Å²) in [6.07, 6.45) is -4.70. The Morgan fingerprint density at radius 1 is 1.19 bits per heavy atom. The average molecular weight is 425 g/mol. The molecule has 0 spiro atoms. The average Bonchev–Trinajstić information content (AvgIpc) is 2.54. The summed E-state index contributed by atoms with van der Waals surface area (Å²) in [6, 6.07) is 6.55. The van der Waals surface area contributed by atoms with Crippen molar-refractivity contribution in [1.82, 2.24) is 0 Å². The van der Waals surface area contributed by atoms with Gasteiger partial charge in [-0.2, -0.15) is 13.2 Å². The highest BCUT2D eigenvalue weighted by molar-refractivity contribution is 8.00. The number of hydrogen-bond donors (Lipinski definition) is 1. The van der Waals surface area contributed by atoms with Crippen LogP contribution >= 0.6 is 35.0 Å². The van der Waals surface area contributed by atoms with E-state index in [2.05, 4.69) is 5.32 Å². The molecule has 0 aliphatic carbocycles. The molecule has 0 aromatic heterocycles. The summed E-state index contributed by atoms with van der Waals surface area (Å²) >= 11 is 12.4. The third kappa shape index (κ3) is 5.26. The van der Waals surface area contributed by atoms with Gasteiger partial charge in [-0.1, -0.05) is 23.2 Å². The zero-order chi connectivity index (χ0) is 19.5. The minimum atomic E-state index is -4.70. The van der Waals surface area contributed by atoms with E-state index in [-0.39, 0.29) is 15.7 Å². The van der Waals surface area contributed by atoms with Crippen LogP contribution in [0.1, 0.15) is 5.56 Å².